The summed E-state index contributed by atoms with van der Waals surface area (Å²) in [6.07, 6.45) is 0. The molecule has 158 valence electrons. The lowest BCUT2D eigenvalue weighted by molar-refractivity contribution is 0.102. The van der Waals surface area contributed by atoms with E-state index in [2.05, 4.69) is 15.5 Å². The zero-order valence-electron chi connectivity index (χ0n) is 17.3. The Hall–Kier alpha value is -3.04. The van der Waals surface area contributed by atoms with E-state index >= 15 is 0 Å². The monoisotopic (exact) mass is 428 g/mol. The van der Waals surface area contributed by atoms with Crippen LogP contribution in [-0.4, -0.2) is 41.9 Å². The van der Waals surface area contributed by atoms with Crippen LogP contribution in [0.4, 0.5) is 5.69 Å². The van der Waals surface area contributed by atoms with E-state index in [9.17, 15) is 13.2 Å². The summed E-state index contributed by atoms with van der Waals surface area (Å²) >= 11 is 0. The van der Waals surface area contributed by atoms with E-state index in [0.717, 1.165) is 0 Å². The Balaban J connectivity index is 1.96. The molecule has 0 saturated heterocycles. The molecule has 1 N–H and O–H groups in total. The van der Waals surface area contributed by atoms with Crippen molar-refractivity contribution in [1.29, 1.82) is 0 Å². The van der Waals surface area contributed by atoms with Crippen LogP contribution in [-0.2, 0) is 10.0 Å². The zero-order valence-corrected chi connectivity index (χ0v) is 18.2. The first-order chi connectivity index (χ1) is 14.3. The van der Waals surface area contributed by atoms with Gasteiger partial charge in [0.2, 0.25) is 21.7 Å². The van der Waals surface area contributed by atoms with Crippen molar-refractivity contribution in [3.05, 3.63) is 59.5 Å². The van der Waals surface area contributed by atoms with Crippen molar-refractivity contribution in [3.63, 3.8) is 0 Å². The molecule has 1 aromatic heterocycles. The number of nitrogens with one attached hydrogen (secondary N) is 1. The Kier molecular flexibility index (Phi) is 6.33. The fourth-order valence-electron chi connectivity index (χ4n) is 3.10. The molecule has 0 saturated carbocycles. The summed E-state index contributed by atoms with van der Waals surface area (Å²) in [4.78, 5) is 17.3. The average Bonchev–Trinajstić information content (AvgIpc) is 3.15. The number of carbonyl (C=O) groups is 1. The predicted octanol–water partition coefficient (Wildman–Crippen LogP) is 3.64. The molecule has 0 radical (unpaired) electrons. The number of sulfonamides is 1. The van der Waals surface area contributed by atoms with Gasteiger partial charge in [0.15, 0.2) is 0 Å². The molecule has 0 atom stereocenters. The third-order valence-corrected chi connectivity index (χ3v) is 6.79. The maximum atomic E-state index is 13.0. The van der Waals surface area contributed by atoms with Gasteiger partial charge in [0.05, 0.1) is 10.6 Å². The molecule has 0 aliphatic heterocycles. The maximum absolute atomic E-state index is 13.0. The lowest BCUT2D eigenvalue weighted by Crippen LogP contribution is -2.30. The van der Waals surface area contributed by atoms with Crippen LogP contribution in [0.1, 0.15) is 35.7 Å². The second-order valence-electron chi connectivity index (χ2n) is 6.70. The van der Waals surface area contributed by atoms with Crippen LogP contribution in [0.5, 0.6) is 0 Å². The molecule has 0 fully saturated rings. The molecular formula is C21H24N4O4S. The van der Waals surface area contributed by atoms with Crippen LogP contribution in [0.3, 0.4) is 0 Å². The largest absolute Gasteiger partial charge is 0.339 e. The Bertz CT molecular complexity index is 1170. The Labute approximate surface area is 176 Å². The molecule has 1 amide bonds. The highest BCUT2D eigenvalue weighted by Crippen LogP contribution is 2.27. The highest BCUT2D eigenvalue weighted by Gasteiger charge is 2.24. The maximum Gasteiger partial charge on any atom is 0.255 e. The van der Waals surface area contributed by atoms with E-state index in [1.165, 1.54) is 16.4 Å². The number of hydrogen-bond acceptors (Lipinski definition) is 6. The minimum Gasteiger partial charge on any atom is -0.339 e. The van der Waals surface area contributed by atoms with Gasteiger partial charge >= 0.3 is 0 Å². The SMILES string of the molecule is CCN(CC)S(=O)(=O)c1ccc(C)c(C(=O)Nc2ccccc2-c2noc(C)n2)c1. The number of anilines is 1. The smallest absolute Gasteiger partial charge is 0.255 e. The third-order valence-electron chi connectivity index (χ3n) is 4.74. The number of aromatic nitrogens is 2. The van der Waals surface area contributed by atoms with E-state index in [1.54, 1.807) is 58.0 Å². The third kappa shape index (κ3) is 4.27. The zero-order chi connectivity index (χ0) is 21.9. The van der Waals surface area contributed by atoms with E-state index in [0.29, 0.717) is 41.6 Å². The van der Waals surface area contributed by atoms with Crippen molar-refractivity contribution in [3.8, 4) is 11.4 Å². The summed E-state index contributed by atoms with van der Waals surface area (Å²) in [6, 6.07) is 11.7. The van der Waals surface area contributed by atoms with Crippen molar-refractivity contribution in [2.24, 2.45) is 0 Å². The minimum absolute atomic E-state index is 0.0871. The van der Waals surface area contributed by atoms with E-state index in [4.69, 9.17) is 4.52 Å². The van der Waals surface area contributed by atoms with E-state index in [-0.39, 0.29) is 10.5 Å². The van der Waals surface area contributed by atoms with Gasteiger partial charge in [0.25, 0.3) is 5.91 Å². The lowest BCUT2D eigenvalue weighted by atomic mass is 10.1. The molecule has 9 heteroatoms. The first-order valence-corrected chi connectivity index (χ1v) is 11.0. The standard InChI is InChI=1S/C21H24N4O4S/c1-5-25(6-2)30(27,28)16-12-11-14(3)18(13-16)21(26)23-19-10-8-7-9-17(19)20-22-15(4)29-24-20/h7-13H,5-6H2,1-4H3,(H,23,26). The molecule has 0 aliphatic rings. The van der Waals surface area contributed by atoms with Crippen LogP contribution in [0.2, 0.25) is 0 Å². The summed E-state index contributed by atoms with van der Waals surface area (Å²) in [6.45, 7) is 7.70. The first-order valence-electron chi connectivity index (χ1n) is 9.59. The van der Waals surface area contributed by atoms with Gasteiger partial charge in [-0.25, -0.2) is 8.42 Å². The van der Waals surface area contributed by atoms with Crippen molar-refractivity contribution in [1.82, 2.24) is 14.4 Å². The Morgan fingerprint density at radius 1 is 1.10 bits per heavy atom. The van der Waals surface area contributed by atoms with Gasteiger partial charge in [-0.05, 0) is 36.8 Å². The van der Waals surface area contributed by atoms with Crippen molar-refractivity contribution < 1.29 is 17.7 Å². The quantitative estimate of drug-likeness (QED) is 0.616. The van der Waals surface area contributed by atoms with Crippen LogP contribution >= 0.6 is 0 Å². The van der Waals surface area contributed by atoms with Crippen LogP contribution in [0.25, 0.3) is 11.4 Å². The Morgan fingerprint density at radius 3 is 2.43 bits per heavy atom. The lowest BCUT2D eigenvalue weighted by Gasteiger charge is -2.19. The highest BCUT2D eigenvalue weighted by molar-refractivity contribution is 7.89. The van der Waals surface area contributed by atoms with Gasteiger partial charge in [0, 0.05) is 31.1 Å². The second-order valence-corrected chi connectivity index (χ2v) is 8.64. The molecule has 1 heterocycles. The molecule has 0 spiro atoms. The van der Waals surface area contributed by atoms with Gasteiger partial charge in [-0.15, -0.1) is 0 Å². The summed E-state index contributed by atoms with van der Waals surface area (Å²) in [5.74, 6) is 0.353. The van der Waals surface area contributed by atoms with Gasteiger partial charge in [-0.1, -0.05) is 37.2 Å². The fraction of sp³-hybridized carbons (Fsp3) is 0.286. The molecule has 8 nitrogen and oxygen atoms in total. The molecule has 3 rings (SSSR count). The minimum atomic E-state index is -3.67. The van der Waals surface area contributed by atoms with Crippen LogP contribution in [0, 0.1) is 13.8 Å². The molecule has 0 unspecified atom stereocenters. The van der Waals surface area contributed by atoms with Gasteiger partial charge in [-0.3, -0.25) is 4.79 Å². The fourth-order valence-corrected chi connectivity index (χ4v) is 4.59. The molecule has 0 bridgehead atoms. The van der Waals surface area contributed by atoms with Crippen LogP contribution in [0.15, 0.2) is 51.9 Å². The number of para-hydroxylation sites is 1. The molecule has 3 aromatic rings. The number of rotatable bonds is 7. The van der Waals surface area contributed by atoms with Gasteiger partial charge in [0.1, 0.15) is 0 Å². The number of benzene rings is 2. The highest BCUT2D eigenvalue weighted by atomic mass is 32.2. The number of carbonyl (C=O) groups excluding carboxylic acids is 1. The van der Waals surface area contributed by atoms with Crippen molar-refractivity contribution in [2.45, 2.75) is 32.6 Å². The molecule has 2 aromatic carbocycles. The molecule has 30 heavy (non-hydrogen) atoms. The number of hydrogen-bond donors (Lipinski definition) is 1. The topological polar surface area (TPSA) is 105 Å². The predicted molar refractivity (Wildman–Crippen MR) is 114 cm³/mol. The summed E-state index contributed by atoms with van der Waals surface area (Å²) in [7, 11) is -3.67. The Morgan fingerprint density at radius 2 is 1.80 bits per heavy atom. The summed E-state index contributed by atoms with van der Waals surface area (Å²) < 4.78 is 32.1. The summed E-state index contributed by atoms with van der Waals surface area (Å²) in [5, 5.41) is 6.75. The molecule has 0 aliphatic carbocycles. The average molecular weight is 429 g/mol. The van der Waals surface area contributed by atoms with Crippen molar-refractivity contribution >= 4 is 21.6 Å². The van der Waals surface area contributed by atoms with Crippen molar-refractivity contribution in [2.75, 3.05) is 18.4 Å². The number of amides is 1. The van der Waals surface area contributed by atoms with Gasteiger partial charge < -0.3 is 9.84 Å². The summed E-state index contributed by atoms with van der Waals surface area (Å²) in [5.41, 5.74) is 2.05. The first kappa shape index (κ1) is 21.7. The number of nitrogens with zero attached hydrogens (tertiary/aromatic N) is 3. The second kappa shape index (κ2) is 8.76. The normalized spacial score (nSPS) is 11.6. The van der Waals surface area contributed by atoms with E-state index < -0.39 is 15.9 Å². The van der Waals surface area contributed by atoms with E-state index in [1.807, 2.05) is 0 Å². The molecular weight excluding hydrogens is 404 g/mol. The van der Waals surface area contributed by atoms with Gasteiger partial charge in [-0.2, -0.15) is 9.29 Å². The van der Waals surface area contributed by atoms with Crippen LogP contribution < -0.4 is 5.32 Å². The number of aryl methyl sites for hydroxylation is 2.